The fraction of sp³-hybridized carbons (Fsp3) is 0.727. The zero-order chi connectivity index (χ0) is 13.4. The Balaban J connectivity index is 4.43. The van der Waals surface area contributed by atoms with Crippen molar-refractivity contribution < 1.29 is 14.7 Å². The van der Waals surface area contributed by atoms with Gasteiger partial charge in [-0.25, -0.2) is 4.79 Å². The van der Waals surface area contributed by atoms with Crippen molar-refractivity contribution in [3.63, 3.8) is 0 Å². The van der Waals surface area contributed by atoms with Gasteiger partial charge in [0.1, 0.15) is 0 Å². The summed E-state index contributed by atoms with van der Waals surface area (Å²) in [5.74, 6) is -0.928. The summed E-state index contributed by atoms with van der Waals surface area (Å²) in [6.45, 7) is 4.20. The number of nitriles is 1. The normalized spacial score (nSPS) is 9.82. The molecule has 0 aromatic heterocycles. The van der Waals surface area contributed by atoms with Crippen LogP contribution < -0.4 is 0 Å². The molecule has 6 heteroatoms. The average Bonchev–Trinajstić information content (AvgIpc) is 2.24. The van der Waals surface area contributed by atoms with Gasteiger partial charge in [0, 0.05) is 26.2 Å². The topological polar surface area (TPSA) is 84.6 Å². The Hall–Kier alpha value is -1.77. The molecule has 2 amide bonds. The second-order valence-electron chi connectivity index (χ2n) is 4.04. The van der Waals surface area contributed by atoms with Gasteiger partial charge in [-0.05, 0) is 13.8 Å². The predicted molar refractivity (Wildman–Crippen MR) is 62.4 cm³/mol. The molecule has 0 saturated heterocycles. The highest BCUT2D eigenvalue weighted by Crippen LogP contribution is 2.05. The largest absolute Gasteiger partial charge is 0.481 e. The summed E-state index contributed by atoms with van der Waals surface area (Å²) in [5.41, 5.74) is 0. The van der Waals surface area contributed by atoms with E-state index in [1.807, 2.05) is 19.9 Å². The van der Waals surface area contributed by atoms with Gasteiger partial charge in [-0.15, -0.1) is 0 Å². The molecule has 0 rings (SSSR count). The molecule has 0 fully saturated rings. The van der Waals surface area contributed by atoms with E-state index < -0.39 is 5.97 Å². The quantitative estimate of drug-likeness (QED) is 0.755. The van der Waals surface area contributed by atoms with Gasteiger partial charge >= 0.3 is 12.0 Å². The number of rotatable bonds is 6. The van der Waals surface area contributed by atoms with Crippen LogP contribution in [0.5, 0.6) is 0 Å². The van der Waals surface area contributed by atoms with Gasteiger partial charge in [-0.3, -0.25) is 4.79 Å². The third kappa shape index (κ3) is 5.76. The van der Waals surface area contributed by atoms with E-state index in [1.165, 1.54) is 9.80 Å². The Bertz CT molecular complexity index is 310. The van der Waals surface area contributed by atoms with Crippen LogP contribution in [0.4, 0.5) is 4.79 Å². The number of carbonyl (C=O) groups is 2. The summed E-state index contributed by atoms with van der Waals surface area (Å²) in [7, 11) is 1.61. The molecule has 0 bridgehead atoms. The SMILES string of the molecule is CC(C)N(CCC(=O)O)C(=O)N(C)CCC#N. The predicted octanol–water partition coefficient (Wildman–Crippen LogP) is 1.14. The van der Waals surface area contributed by atoms with E-state index in [9.17, 15) is 9.59 Å². The Morgan fingerprint density at radius 1 is 1.35 bits per heavy atom. The number of urea groups is 1. The first-order valence-corrected chi connectivity index (χ1v) is 5.50. The highest BCUT2D eigenvalue weighted by Gasteiger charge is 2.20. The van der Waals surface area contributed by atoms with Gasteiger partial charge in [0.05, 0.1) is 18.9 Å². The highest BCUT2D eigenvalue weighted by molar-refractivity contribution is 5.75. The third-order valence-corrected chi connectivity index (χ3v) is 2.32. The lowest BCUT2D eigenvalue weighted by Gasteiger charge is -2.30. The van der Waals surface area contributed by atoms with Gasteiger partial charge in [0.25, 0.3) is 0 Å². The van der Waals surface area contributed by atoms with Crippen molar-refractivity contribution in [2.75, 3.05) is 20.1 Å². The summed E-state index contributed by atoms with van der Waals surface area (Å²) in [5, 5.41) is 17.1. The zero-order valence-corrected chi connectivity index (χ0v) is 10.5. The first-order valence-electron chi connectivity index (χ1n) is 5.50. The van der Waals surface area contributed by atoms with Gasteiger partial charge in [0.2, 0.25) is 0 Å². The molecule has 0 unspecified atom stereocenters. The van der Waals surface area contributed by atoms with Crippen LogP contribution >= 0.6 is 0 Å². The zero-order valence-electron chi connectivity index (χ0n) is 10.5. The Labute approximate surface area is 101 Å². The lowest BCUT2D eigenvalue weighted by atomic mass is 10.3. The van der Waals surface area contributed by atoms with Crippen LogP contribution in [0.3, 0.4) is 0 Å². The van der Waals surface area contributed by atoms with Crippen molar-refractivity contribution in [2.45, 2.75) is 32.7 Å². The van der Waals surface area contributed by atoms with Crippen LogP contribution in [0.15, 0.2) is 0 Å². The Kier molecular flexibility index (Phi) is 6.71. The molecule has 96 valence electrons. The smallest absolute Gasteiger partial charge is 0.320 e. The molecule has 0 saturated carbocycles. The Morgan fingerprint density at radius 2 is 1.94 bits per heavy atom. The maximum atomic E-state index is 12.0. The number of aliphatic carboxylic acids is 1. The first kappa shape index (κ1) is 15.2. The fourth-order valence-corrected chi connectivity index (χ4v) is 1.32. The summed E-state index contributed by atoms with van der Waals surface area (Å²) < 4.78 is 0. The molecule has 0 atom stereocenters. The number of hydrogen-bond acceptors (Lipinski definition) is 3. The van der Waals surface area contributed by atoms with Crippen LogP contribution in [0.2, 0.25) is 0 Å². The number of amides is 2. The summed E-state index contributed by atoms with van der Waals surface area (Å²) in [6, 6.07) is 1.66. The van der Waals surface area contributed by atoms with Crippen LogP contribution in [-0.2, 0) is 4.79 Å². The van der Waals surface area contributed by atoms with Gasteiger partial charge in [-0.2, -0.15) is 5.26 Å². The monoisotopic (exact) mass is 241 g/mol. The minimum atomic E-state index is -0.928. The molecule has 6 nitrogen and oxygen atoms in total. The molecule has 0 spiro atoms. The second kappa shape index (κ2) is 7.49. The highest BCUT2D eigenvalue weighted by atomic mass is 16.4. The van der Waals surface area contributed by atoms with Crippen LogP contribution in [-0.4, -0.2) is 53.1 Å². The molecular formula is C11H19N3O3. The fourth-order valence-electron chi connectivity index (χ4n) is 1.32. The maximum Gasteiger partial charge on any atom is 0.320 e. The summed E-state index contributed by atoms with van der Waals surface area (Å²) in [6.07, 6.45) is 0.198. The summed E-state index contributed by atoms with van der Waals surface area (Å²) in [4.78, 5) is 25.4. The molecule has 0 heterocycles. The van der Waals surface area contributed by atoms with Crippen LogP contribution in [0, 0.1) is 11.3 Å². The Morgan fingerprint density at radius 3 is 2.35 bits per heavy atom. The van der Waals surface area contributed by atoms with Crippen molar-refractivity contribution in [3.8, 4) is 6.07 Å². The first-order chi connectivity index (χ1) is 7.90. The molecule has 0 aliphatic carbocycles. The van der Waals surface area contributed by atoms with Crippen LogP contribution in [0.1, 0.15) is 26.7 Å². The van der Waals surface area contributed by atoms with E-state index in [1.54, 1.807) is 7.05 Å². The lowest BCUT2D eigenvalue weighted by Crippen LogP contribution is -2.46. The van der Waals surface area contributed by atoms with E-state index in [-0.39, 0.29) is 31.5 Å². The van der Waals surface area contributed by atoms with E-state index in [0.29, 0.717) is 6.54 Å². The molecule has 1 N–H and O–H groups in total. The van der Waals surface area contributed by atoms with E-state index in [4.69, 9.17) is 10.4 Å². The number of carbonyl (C=O) groups excluding carboxylic acids is 1. The van der Waals surface area contributed by atoms with Gasteiger partial charge in [0.15, 0.2) is 0 Å². The van der Waals surface area contributed by atoms with Gasteiger partial charge < -0.3 is 14.9 Å². The number of nitrogens with zero attached hydrogens (tertiary/aromatic N) is 3. The van der Waals surface area contributed by atoms with E-state index in [0.717, 1.165) is 0 Å². The van der Waals surface area contributed by atoms with Crippen molar-refractivity contribution >= 4 is 12.0 Å². The van der Waals surface area contributed by atoms with Crippen molar-refractivity contribution in [3.05, 3.63) is 0 Å². The van der Waals surface area contributed by atoms with Crippen LogP contribution in [0.25, 0.3) is 0 Å². The second-order valence-corrected chi connectivity index (χ2v) is 4.04. The number of hydrogen-bond donors (Lipinski definition) is 1. The minimum Gasteiger partial charge on any atom is -0.481 e. The molecule has 0 aliphatic rings. The number of carboxylic acid groups (broad SMARTS) is 1. The molecule has 0 aromatic carbocycles. The third-order valence-electron chi connectivity index (χ3n) is 2.32. The molecule has 0 aromatic rings. The lowest BCUT2D eigenvalue weighted by molar-refractivity contribution is -0.137. The standard InChI is InChI=1S/C11H19N3O3/c1-9(2)14(8-5-10(15)16)11(17)13(3)7-4-6-12/h9H,4-5,7-8H2,1-3H3,(H,15,16). The van der Waals surface area contributed by atoms with Crippen molar-refractivity contribution in [2.24, 2.45) is 0 Å². The molecule has 0 aliphatic heterocycles. The van der Waals surface area contributed by atoms with Crippen molar-refractivity contribution in [1.82, 2.24) is 9.80 Å². The number of carboxylic acids is 1. The van der Waals surface area contributed by atoms with Crippen molar-refractivity contribution in [1.29, 1.82) is 5.26 Å². The van der Waals surface area contributed by atoms with Gasteiger partial charge in [-0.1, -0.05) is 0 Å². The minimum absolute atomic E-state index is 0.0635. The molecule has 0 radical (unpaired) electrons. The molecule has 17 heavy (non-hydrogen) atoms. The van der Waals surface area contributed by atoms with E-state index in [2.05, 4.69) is 0 Å². The maximum absolute atomic E-state index is 12.0. The average molecular weight is 241 g/mol. The molecular weight excluding hydrogens is 222 g/mol. The summed E-state index contributed by atoms with van der Waals surface area (Å²) >= 11 is 0. The van der Waals surface area contributed by atoms with E-state index >= 15 is 0 Å².